The van der Waals surface area contributed by atoms with Crippen LogP contribution in [-0.4, -0.2) is 26.5 Å². The number of carbonyl (C=O) groups excluding carboxylic acids is 1. The summed E-state index contributed by atoms with van der Waals surface area (Å²) in [4.78, 5) is 16.7. The van der Waals surface area contributed by atoms with Gasteiger partial charge in [-0.15, -0.1) is 0 Å². The van der Waals surface area contributed by atoms with Crippen LogP contribution in [-0.2, 0) is 0 Å². The minimum absolute atomic E-state index is 0.117. The second-order valence-electron chi connectivity index (χ2n) is 9.23. The zero-order valence-electron chi connectivity index (χ0n) is 18.1. The van der Waals surface area contributed by atoms with Gasteiger partial charge in [-0.1, -0.05) is 39.0 Å². The van der Waals surface area contributed by atoms with E-state index in [0.717, 1.165) is 46.1 Å². The van der Waals surface area contributed by atoms with E-state index >= 15 is 0 Å². The first-order valence-electron chi connectivity index (χ1n) is 10.8. The molecule has 1 aliphatic carbocycles. The number of amides is 1. The number of nitrogens with one attached hydrogen (secondary N) is 1. The summed E-state index contributed by atoms with van der Waals surface area (Å²) < 4.78 is 1.82. The number of carbonyl (C=O) groups is 1. The molecule has 0 aliphatic heterocycles. The Balaban J connectivity index is 1.67. The van der Waals surface area contributed by atoms with Gasteiger partial charge in [0, 0.05) is 29.4 Å². The molecular weight excluding hydrogens is 386 g/mol. The molecule has 0 saturated heterocycles. The van der Waals surface area contributed by atoms with Crippen LogP contribution in [0.5, 0.6) is 0 Å². The number of hydrogen-bond acceptors (Lipinski definition) is 4. The van der Waals surface area contributed by atoms with Crippen molar-refractivity contribution < 1.29 is 4.79 Å². The zero-order valence-corrected chi connectivity index (χ0v) is 18.1. The normalized spacial score (nSPS) is 20.4. The largest absolute Gasteiger partial charge is 0.379 e. The minimum atomic E-state index is -0.474. The number of fused-ring (bicyclic) bond motifs is 2. The van der Waals surface area contributed by atoms with Crippen molar-refractivity contribution in [2.45, 2.75) is 39.7 Å². The fourth-order valence-corrected chi connectivity index (χ4v) is 4.83. The van der Waals surface area contributed by atoms with Gasteiger partial charge in [-0.3, -0.25) is 9.78 Å². The minimum Gasteiger partial charge on any atom is -0.379 e. The number of pyridine rings is 1. The summed E-state index contributed by atoms with van der Waals surface area (Å²) in [6.45, 7) is 6.87. The van der Waals surface area contributed by atoms with Crippen LogP contribution >= 0.6 is 0 Å². The summed E-state index contributed by atoms with van der Waals surface area (Å²) in [5.74, 6) is 0.129. The van der Waals surface area contributed by atoms with E-state index in [-0.39, 0.29) is 11.5 Å². The van der Waals surface area contributed by atoms with E-state index in [1.165, 1.54) is 0 Å². The Morgan fingerprint density at radius 3 is 2.81 bits per heavy atom. The molecule has 31 heavy (non-hydrogen) atoms. The first-order valence-corrected chi connectivity index (χ1v) is 10.8. The Kier molecular flexibility index (Phi) is 4.46. The Morgan fingerprint density at radius 1 is 1.23 bits per heavy atom. The van der Waals surface area contributed by atoms with Gasteiger partial charge in [-0.2, -0.15) is 5.10 Å². The van der Waals surface area contributed by atoms with Gasteiger partial charge in [-0.25, -0.2) is 4.52 Å². The Labute approximate surface area is 181 Å². The molecule has 6 heteroatoms. The number of hydrogen-bond donors (Lipinski definition) is 2. The monoisotopic (exact) mass is 413 g/mol. The fraction of sp³-hybridized carbons (Fsp3) is 0.320. The maximum absolute atomic E-state index is 12.2. The molecule has 1 amide bonds. The third-order valence-electron chi connectivity index (χ3n) is 7.23. The van der Waals surface area contributed by atoms with Crippen molar-refractivity contribution in [3.63, 3.8) is 0 Å². The Hall–Kier alpha value is -3.41. The highest BCUT2D eigenvalue weighted by Crippen LogP contribution is 2.44. The summed E-state index contributed by atoms with van der Waals surface area (Å²) in [5, 5.41) is 9.24. The molecule has 1 saturated carbocycles. The van der Waals surface area contributed by atoms with Gasteiger partial charge in [-0.05, 0) is 47.9 Å². The zero-order chi connectivity index (χ0) is 21.8. The van der Waals surface area contributed by atoms with Crippen LogP contribution in [0.2, 0.25) is 0 Å². The van der Waals surface area contributed by atoms with E-state index in [2.05, 4.69) is 54.4 Å². The quantitative estimate of drug-likeness (QED) is 0.499. The molecule has 1 fully saturated rings. The SMILES string of the molecule is CC1CC[C@@H](Nc2c(C(N)=O)cnn3cc(-c4cccc5ncccc45)cc23)C1(C)C. The molecule has 3 heterocycles. The van der Waals surface area contributed by atoms with Crippen LogP contribution in [0.25, 0.3) is 27.5 Å². The average Bonchev–Trinajstić information content (AvgIpc) is 3.29. The third-order valence-corrected chi connectivity index (χ3v) is 7.23. The van der Waals surface area contributed by atoms with E-state index in [1.807, 2.05) is 28.9 Å². The van der Waals surface area contributed by atoms with Gasteiger partial charge < -0.3 is 11.1 Å². The second kappa shape index (κ2) is 7.08. The van der Waals surface area contributed by atoms with Crippen LogP contribution in [0.1, 0.15) is 44.0 Å². The van der Waals surface area contributed by atoms with Gasteiger partial charge in [0.1, 0.15) is 0 Å². The van der Waals surface area contributed by atoms with Crippen LogP contribution in [0.4, 0.5) is 5.69 Å². The van der Waals surface area contributed by atoms with Crippen LogP contribution in [0.15, 0.2) is 55.0 Å². The predicted octanol–water partition coefficient (Wildman–Crippen LogP) is 4.89. The number of nitrogens with two attached hydrogens (primary N) is 1. The third kappa shape index (κ3) is 3.14. The van der Waals surface area contributed by atoms with E-state index < -0.39 is 5.91 Å². The smallest absolute Gasteiger partial charge is 0.252 e. The highest BCUT2D eigenvalue weighted by Gasteiger charge is 2.41. The van der Waals surface area contributed by atoms with Crippen LogP contribution in [0, 0.1) is 11.3 Å². The first-order chi connectivity index (χ1) is 14.9. The van der Waals surface area contributed by atoms with Crippen LogP contribution in [0.3, 0.4) is 0 Å². The second-order valence-corrected chi connectivity index (χ2v) is 9.23. The summed E-state index contributed by atoms with van der Waals surface area (Å²) in [5.41, 5.74) is 10.9. The summed E-state index contributed by atoms with van der Waals surface area (Å²) in [6.07, 6.45) is 7.58. The molecule has 1 aromatic carbocycles. The van der Waals surface area contributed by atoms with Gasteiger partial charge in [0.2, 0.25) is 0 Å². The number of anilines is 1. The van der Waals surface area contributed by atoms with Gasteiger partial charge in [0.05, 0.1) is 28.5 Å². The fourth-order valence-electron chi connectivity index (χ4n) is 4.83. The Morgan fingerprint density at radius 2 is 2.06 bits per heavy atom. The first kappa shape index (κ1) is 19.5. The maximum atomic E-state index is 12.2. The lowest BCUT2D eigenvalue weighted by Gasteiger charge is -2.33. The van der Waals surface area contributed by atoms with Gasteiger partial charge in [0.25, 0.3) is 5.91 Å². The predicted molar refractivity (Wildman–Crippen MR) is 124 cm³/mol. The van der Waals surface area contributed by atoms with Crippen molar-refractivity contribution in [1.82, 2.24) is 14.6 Å². The number of benzene rings is 1. The van der Waals surface area contributed by atoms with Crippen molar-refractivity contribution in [3.8, 4) is 11.1 Å². The number of primary amides is 1. The van der Waals surface area contributed by atoms with E-state index in [0.29, 0.717) is 11.5 Å². The van der Waals surface area contributed by atoms with Crippen molar-refractivity contribution >= 4 is 28.0 Å². The Bertz CT molecular complexity index is 1300. The number of nitrogens with zero attached hydrogens (tertiary/aromatic N) is 3. The highest BCUT2D eigenvalue weighted by molar-refractivity contribution is 6.03. The molecule has 1 unspecified atom stereocenters. The van der Waals surface area contributed by atoms with Gasteiger partial charge >= 0.3 is 0 Å². The molecule has 0 bridgehead atoms. The summed E-state index contributed by atoms with van der Waals surface area (Å²) >= 11 is 0. The highest BCUT2D eigenvalue weighted by atomic mass is 16.1. The van der Waals surface area contributed by atoms with Crippen molar-refractivity contribution in [1.29, 1.82) is 0 Å². The van der Waals surface area contributed by atoms with Crippen molar-refractivity contribution in [2.75, 3.05) is 5.32 Å². The van der Waals surface area contributed by atoms with Crippen LogP contribution < -0.4 is 11.1 Å². The molecule has 0 spiro atoms. The average molecular weight is 414 g/mol. The lowest BCUT2D eigenvalue weighted by Crippen LogP contribution is -2.35. The molecule has 4 aromatic rings. The van der Waals surface area contributed by atoms with Crippen molar-refractivity contribution in [3.05, 3.63) is 60.6 Å². The molecular formula is C25H27N5O. The van der Waals surface area contributed by atoms with E-state index in [1.54, 1.807) is 12.4 Å². The van der Waals surface area contributed by atoms with E-state index in [4.69, 9.17) is 5.73 Å². The number of aromatic nitrogens is 3. The summed E-state index contributed by atoms with van der Waals surface area (Å²) in [6, 6.07) is 12.5. The van der Waals surface area contributed by atoms with Crippen molar-refractivity contribution in [2.24, 2.45) is 17.1 Å². The standard InChI is InChI=1S/C25H27N5O/c1-15-9-10-22(25(15,2)3)29-23-19(24(26)31)13-28-30-14-16(12-21(23)30)17-6-4-8-20-18(17)7-5-11-27-20/h4-8,11-15,22,29H,9-10H2,1-3H3,(H2,26,31)/t15?,22-/m1/s1. The molecule has 3 N–H and O–H groups in total. The molecule has 3 aromatic heterocycles. The lowest BCUT2D eigenvalue weighted by molar-refractivity contribution is 0.100. The summed E-state index contributed by atoms with van der Waals surface area (Å²) in [7, 11) is 0. The van der Waals surface area contributed by atoms with E-state index in [9.17, 15) is 4.79 Å². The molecule has 5 rings (SSSR count). The lowest BCUT2D eigenvalue weighted by atomic mass is 9.80. The molecule has 158 valence electrons. The van der Waals surface area contributed by atoms with Gasteiger partial charge in [0.15, 0.2) is 0 Å². The molecule has 0 radical (unpaired) electrons. The number of rotatable bonds is 4. The topological polar surface area (TPSA) is 85.3 Å². The maximum Gasteiger partial charge on any atom is 0.252 e. The molecule has 2 atom stereocenters. The molecule has 1 aliphatic rings. The molecule has 6 nitrogen and oxygen atoms in total.